The quantitative estimate of drug-likeness (QED) is 0.212. The van der Waals surface area contributed by atoms with Gasteiger partial charge in [0, 0.05) is 63.9 Å². The minimum Gasteiger partial charge on any atom is -0.456 e. The fraction of sp³-hybridized carbons (Fsp3) is 0.367. The Kier molecular flexibility index (Phi) is 8.70. The first-order valence-electron chi connectivity index (χ1n) is 14.1. The van der Waals surface area contributed by atoms with Crippen molar-refractivity contribution in [3.63, 3.8) is 0 Å². The van der Waals surface area contributed by atoms with E-state index in [9.17, 15) is 24.5 Å². The summed E-state index contributed by atoms with van der Waals surface area (Å²) in [4.78, 5) is 54.9. The van der Waals surface area contributed by atoms with E-state index in [1.165, 1.54) is 6.07 Å². The monoisotopic (exact) mass is 574 g/mol. The number of rotatable bonds is 10. The predicted octanol–water partition coefficient (Wildman–Crippen LogP) is 3.82. The largest absolute Gasteiger partial charge is 0.456 e. The van der Waals surface area contributed by atoms with Crippen LogP contribution in [0.4, 0.5) is 22.7 Å². The van der Waals surface area contributed by atoms with Gasteiger partial charge in [0.05, 0.1) is 16.3 Å². The van der Waals surface area contributed by atoms with Crippen molar-refractivity contribution in [1.82, 2.24) is 10.2 Å². The third-order valence-electron chi connectivity index (χ3n) is 7.57. The van der Waals surface area contributed by atoms with Crippen molar-refractivity contribution >= 4 is 40.5 Å². The molecular formula is C30H34N6O6. The number of hydrogen-bond donors (Lipinski definition) is 2. The SMILES string of the molecule is Cc1ccc(C(=O)Nc2cc(C(=O)NCCCN3CCCC3=O)ccc2N2CCN(c3ccccc3[N+](=O)[O-])CC2)o1. The number of carbonyl (C=O) groups is 3. The topological polar surface area (TPSA) is 141 Å². The maximum absolute atomic E-state index is 13.0. The highest BCUT2D eigenvalue weighted by Crippen LogP contribution is 2.32. The molecule has 0 unspecified atom stereocenters. The zero-order valence-electron chi connectivity index (χ0n) is 23.5. The fourth-order valence-electron chi connectivity index (χ4n) is 5.38. The van der Waals surface area contributed by atoms with Crippen LogP contribution in [-0.4, -0.2) is 73.4 Å². The number of carbonyl (C=O) groups excluding carboxylic acids is 3. The summed E-state index contributed by atoms with van der Waals surface area (Å²) in [5.74, 6) is 0.212. The standard InChI is InChI=1S/C30H34N6O6/c1-21-9-12-27(42-21)30(39)32-23-20-22(29(38)31-13-5-15-35-14-4-8-28(35)37)10-11-24(23)33-16-18-34(19-17-33)25-6-2-3-7-26(25)36(40)41/h2-3,6-7,9-12,20H,4-5,8,13-19H2,1H3,(H,31,38)(H,32,39). The van der Waals surface area contributed by atoms with Crippen LogP contribution in [0.1, 0.15) is 45.9 Å². The number of nitrogens with zero attached hydrogens (tertiary/aromatic N) is 4. The van der Waals surface area contributed by atoms with Gasteiger partial charge in [-0.05, 0) is 56.2 Å². The van der Waals surface area contributed by atoms with Gasteiger partial charge in [-0.3, -0.25) is 24.5 Å². The lowest BCUT2D eigenvalue weighted by atomic mass is 10.1. The Morgan fingerprint density at radius 3 is 2.36 bits per heavy atom. The fourth-order valence-corrected chi connectivity index (χ4v) is 5.38. The first-order chi connectivity index (χ1) is 20.3. The molecule has 3 amide bonds. The molecule has 2 saturated heterocycles. The summed E-state index contributed by atoms with van der Waals surface area (Å²) in [6.07, 6.45) is 2.12. The van der Waals surface area contributed by atoms with Gasteiger partial charge in [-0.15, -0.1) is 0 Å². The average Bonchev–Trinajstić information content (AvgIpc) is 3.62. The van der Waals surface area contributed by atoms with Crippen molar-refractivity contribution in [2.75, 3.05) is 60.9 Å². The molecule has 0 spiro atoms. The van der Waals surface area contributed by atoms with E-state index in [1.54, 1.807) is 55.5 Å². The third-order valence-corrected chi connectivity index (χ3v) is 7.57. The van der Waals surface area contributed by atoms with Gasteiger partial charge in [-0.1, -0.05) is 12.1 Å². The van der Waals surface area contributed by atoms with Crippen LogP contribution < -0.4 is 20.4 Å². The number of anilines is 3. The molecule has 0 saturated carbocycles. The Morgan fingerprint density at radius 2 is 1.69 bits per heavy atom. The number of likely N-dealkylation sites (tertiary alicyclic amines) is 1. The van der Waals surface area contributed by atoms with Crippen molar-refractivity contribution in [2.45, 2.75) is 26.2 Å². The molecule has 2 fully saturated rings. The highest BCUT2D eigenvalue weighted by molar-refractivity contribution is 6.05. The molecule has 2 N–H and O–H groups in total. The highest BCUT2D eigenvalue weighted by atomic mass is 16.6. The van der Waals surface area contributed by atoms with E-state index in [0.29, 0.717) is 74.8 Å². The second kappa shape index (κ2) is 12.8. The number of hydrogen-bond acceptors (Lipinski definition) is 8. The molecule has 1 aromatic heterocycles. The maximum Gasteiger partial charge on any atom is 0.292 e. The summed E-state index contributed by atoms with van der Waals surface area (Å²) >= 11 is 0. The summed E-state index contributed by atoms with van der Waals surface area (Å²) in [7, 11) is 0. The smallest absolute Gasteiger partial charge is 0.292 e. The lowest BCUT2D eigenvalue weighted by Crippen LogP contribution is -2.47. The molecule has 0 aliphatic carbocycles. The van der Waals surface area contributed by atoms with Gasteiger partial charge < -0.3 is 29.8 Å². The molecule has 12 heteroatoms. The van der Waals surface area contributed by atoms with Crippen molar-refractivity contribution in [3.05, 3.63) is 81.8 Å². The third kappa shape index (κ3) is 6.54. The maximum atomic E-state index is 13.0. The normalized spacial score (nSPS) is 15.2. The lowest BCUT2D eigenvalue weighted by Gasteiger charge is -2.37. The van der Waals surface area contributed by atoms with E-state index in [2.05, 4.69) is 15.5 Å². The number of benzene rings is 2. The van der Waals surface area contributed by atoms with Crippen LogP contribution in [0.3, 0.4) is 0 Å². The van der Waals surface area contributed by atoms with Gasteiger partial charge in [-0.2, -0.15) is 0 Å². The summed E-state index contributed by atoms with van der Waals surface area (Å²) in [5, 5.41) is 17.3. The predicted molar refractivity (Wildman–Crippen MR) is 158 cm³/mol. The van der Waals surface area contributed by atoms with Crippen molar-refractivity contribution < 1.29 is 23.7 Å². The van der Waals surface area contributed by atoms with Crippen LogP contribution >= 0.6 is 0 Å². The molecule has 0 radical (unpaired) electrons. The minimum atomic E-state index is -0.435. The van der Waals surface area contributed by atoms with E-state index in [1.807, 2.05) is 9.80 Å². The van der Waals surface area contributed by atoms with Gasteiger partial charge in [0.2, 0.25) is 5.91 Å². The molecule has 3 aromatic rings. The highest BCUT2D eigenvalue weighted by Gasteiger charge is 2.26. The number of nitro groups is 1. The zero-order chi connectivity index (χ0) is 29.6. The second-order valence-corrected chi connectivity index (χ2v) is 10.4. The summed E-state index contributed by atoms with van der Waals surface area (Å²) in [6, 6.07) is 15.2. The van der Waals surface area contributed by atoms with Gasteiger partial charge in [0.25, 0.3) is 17.5 Å². The number of nitrogens with one attached hydrogen (secondary N) is 2. The molecule has 3 heterocycles. The molecule has 12 nitrogen and oxygen atoms in total. The molecular weight excluding hydrogens is 540 g/mol. The Labute approximate surface area is 243 Å². The van der Waals surface area contributed by atoms with Gasteiger partial charge in [0.1, 0.15) is 11.4 Å². The number of aryl methyl sites for hydroxylation is 1. The lowest BCUT2D eigenvalue weighted by molar-refractivity contribution is -0.384. The van der Waals surface area contributed by atoms with Crippen LogP contribution in [0.25, 0.3) is 0 Å². The van der Waals surface area contributed by atoms with E-state index in [-0.39, 0.29) is 28.2 Å². The summed E-state index contributed by atoms with van der Waals surface area (Å²) < 4.78 is 5.49. The summed E-state index contributed by atoms with van der Waals surface area (Å²) in [5.41, 5.74) is 2.22. The van der Waals surface area contributed by atoms with Crippen LogP contribution in [0.2, 0.25) is 0 Å². The number of piperazine rings is 1. The van der Waals surface area contributed by atoms with Crippen molar-refractivity contribution in [1.29, 1.82) is 0 Å². The number of furan rings is 1. The molecule has 220 valence electrons. The molecule has 2 aromatic carbocycles. The Hall–Kier alpha value is -4.87. The van der Waals surface area contributed by atoms with Gasteiger partial charge >= 0.3 is 0 Å². The first kappa shape index (κ1) is 28.7. The van der Waals surface area contributed by atoms with Crippen LogP contribution in [-0.2, 0) is 4.79 Å². The van der Waals surface area contributed by atoms with Gasteiger partial charge in [-0.25, -0.2) is 0 Å². The molecule has 42 heavy (non-hydrogen) atoms. The Balaban J connectivity index is 1.29. The van der Waals surface area contributed by atoms with Crippen molar-refractivity contribution in [2.24, 2.45) is 0 Å². The van der Waals surface area contributed by atoms with E-state index < -0.39 is 5.91 Å². The molecule has 2 aliphatic rings. The number of nitro benzene ring substituents is 1. The van der Waals surface area contributed by atoms with Crippen LogP contribution in [0.5, 0.6) is 0 Å². The Morgan fingerprint density at radius 1 is 0.952 bits per heavy atom. The minimum absolute atomic E-state index is 0.0649. The molecule has 0 atom stereocenters. The molecule has 0 bridgehead atoms. The summed E-state index contributed by atoms with van der Waals surface area (Å²) in [6.45, 7) is 5.73. The van der Waals surface area contributed by atoms with Gasteiger partial charge in [0.15, 0.2) is 5.76 Å². The van der Waals surface area contributed by atoms with Crippen molar-refractivity contribution in [3.8, 4) is 0 Å². The molecule has 5 rings (SSSR count). The molecule has 2 aliphatic heterocycles. The first-order valence-corrected chi connectivity index (χ1v) is 14.1. The number of para-hydroxylation sites is 2. The zero-order valence-corrected chi connectivity index (χ0v) is 23.5. The Bertz CT molecular complexity index is 1480. The second-order valence-electron chi connectivity index (χ2n) is 10.4. The average molecular weight is 575 g/mol. The number of amides is 3. The van der Waals surface area contributed by atoms with Crippen LogP contribution in [0, 0.1) is 17.0 Å². The van der Waals surface area contributed by atoms with Crippen LogP contribution in [0.15, 0.2) is 59.0 Å². The van der Waals surface area contributed by atoms with E-state index in [0.717, 1.165) is 18.7 Å². The van der Waals surface area contributed by atoms with E-state index >= 15 is 0 Å². The van der Waals surface area contributed by atoms with E-state index in [4.69, 9.17) is 4.42 Å².